The maximum Gasteiger partial charge on any atom is 0.343 e. The number of carbonyl (C=O) groups excluding carboxylic acids is 1. The fourth-order valence-corrected chi connectivity index (χ4v) is 3.42. The highest BCUT2D eigenvalue weighted by atomic mass is 32.1. The second-order valence-corrected chi connectivity index (χ2v) is 6.11. The Kier molecular flexibility index (Phi) is 5.90. The van der Waals surface area contributed by atoms with Crippen LogP contribution in [0.3, 0.4) is 0 Å². The molecule has 22 heavy (non-hydrogen) atoms. The van der Waals surface area contributed by atoms with Crippen LogP contribution in [0.4, 0.5) is 0 Å². The van der Waals surface area contributed by atoms with Crippen molar-refractivity contribution in [3.8, 4) is 10.4 Å². The van der Waals surface area contributed by atoms with Crippen molar-refractivity contribution < 1.29 is 9.53 Å². The molecule has 0 fully saturated rings. The molecule has 116 valence electrons. The van der Waals surface area contributed by atoms with Gasteiger partial charge in [-0.1, -0.05) is 43.7 Å². The molecule has 0 amide bonds. The van der Waals surface area contributed by atoms with Gasteiger partial charge in [0.05, 0.1) is 11.5 Å². The summed E-state index contributed by atoms with van der Waals surface area (Å²) in [5.74, 6) is -0.537. The summed E-state index contributed by atoms with van der Waals surface area (Å²) in [6, 6.07) is 11.1. The van der Waals surface area contributed by atoms with Crippen LogP contribution in [0, 0.1) is 0 Å². The van der Waals surface area contributed by atoms with Crippen LogP contribution in [0.5, 0.6) is 0 Å². The minimum absolute atomic E-state index is 0.151. The van der Waals surface area contributed by atoms with Crippen LogP contribution in [-0.2, 0) is 11.2 Å². The Morgan fingerprint density at radius 1 is 1.18 bits per heavy atom. The highest BCUT2D eigenvalue weighted by Crippen LogP contribution is 2.29. The van der Waals surface area contributed by atoms with E-state index in [1.165, 1.54) is 11.3 Å². The summed E-state index contributed by atoms with van der Waals surface area (Å²) in [5, 5.41) is 0. The molecule has 2 aromatic rings. The SMILES string of the molecule is CCCCc1cc(=O)c(C(=O)OCC)c(-c2ccccc2)s1. The molecule has 0 spiro atoms. The van der Waals surface area contributed by atoms with E-state index in [2.05, 4.69) is 6.92 Å². The molecular weight excluding hydrogens is 296 g/mol. The van der Waals surface area contributed by atoms with Gasteiger partial charge in [0.1, 0.15) is 5.56 Å². The lowest BCUT2D eigenvalue weighted by Crippen LogP contribution is -2.18. The number of unbranched alkanes of at least 4 members (excludes halogenated alkanes) is 1. The first-order valence-electron chi connectivity index (χ1n) is 7.57. The van der Waals surface area contributed by atoms with E-state index in [0.29, 0.717) is 4.88 Å². The van der Waals surface area contributed by atoms with E-state index in [-0.39, 0.29) is 17.6 Å². The number of hydrogen-bond donors (Lipinski definition) is 0. The van der Waals surface area contributed by atoms with Gasteiger partial charge in [0.2, 0.25) is 0 Å². The van der Waals surface area contributed by atoms with Crippen molar-refractivity contribution in [1.82, 2.24) is 0 Å². The summed E-state index contributed by atoms with van der Waals surface area (Å²) >= 11 is 1.51. The second-order valence-electron chi connectivity index (χ2n) is 4.97. The molecule has 0 saturated heterocycles. The zero-order valence-electron chi connectivity index (χ0n) is 12.9. The number of hydrogen-bond acceptors (Lipinski definition) is 4. The lowest BCUT2D eigenvalue weighted by molar-refractivity contribution is 0.0526. The molecule has 3 nitrogen and oxygen atoms in total. The van der Waals surface area contributed by atoms with Gasteiger partial charge in [0.25, 0.3) is 0 Å². The van der Waals surface area contributed by atoms with Crippen molar-refractivity contribution in [2.45, 2.75) is 33.1 Å². The maximum atomic E-state index is 12.4. The first-order valence-corrected chi connectivity index (χ1v) is 8.38. The molecule has 0 bridgehead atoms. The van der Waals surface area contributed by atoms with Crippen molar-refractivity contribution in [1.29, 1.82) is 0 Å². The van der Waals surface area contributed by atoms with Crippen LogP contribution in [0.1, 0.15) is 41.9 Å². The molecule has 1 heterocycles. The van der Waals surface area contributed by atoms with Crippen molar-refractivity contribution >= 4 is 17.3 Å². The molecule has 0 aliphatic rings. The number of carbonyl (C=O) groups is 1. The monoisotopic (exact) mass is 316 g/mol. The van der Waals surface area contributed by atoms with Crippen LogP contribution in [-0.4, -0.2) is 12.6 Å². The molecule has 0 aliphatic heterocycles. The van der Waals surface area contributed by atoms with Gasteiger partial charge < -0.3 is 4.74 Å². The Bertz CT molecular complexity index is 689. The Morgan fingerprint density at radius 3 is 2.55 bits per heavy atom. The number of aryl methyl sites for hydroxylation is 1. The van der Waals surface area contributed by atoms with E-state index >= 15 is 0 Å². The van der Waals surface area contributed by atoms with Gasteiger partial charge in [-0.3, -0.25) is 4.79 Å². The number of benzene rings is 1. The molecule has 0 radical (unpaired) electrons. The highest BCUT2D eigenvalue weighted by Gasteiger charge is 2.20. The van der Waals surface area contributed by atoms with Crippen molar-refractivity contribution in [2.24, 2.45) is 0 Å². The number of rotatable bonds is 6. The first-order chi connectivity index (χ1) is 10.7. The smallest absolute Gasteiger partial charge is 0.343 e. The van der Waals surface area contributed by atoms with E-state index in [1.807, 2.05) is 30.3 Å². The average molecular weight is 316 g/mol. The molecular formula is C18H20O3S. The van der Waals surface area contributed by atoms with Gasteiger partial charge >= 0.3 is 5.97 Å². The van der Waals surface area contributed by atoms with Gasteiger partial charge in [-0.2, -0.15) is 0 Å². The third-order valence-electron chi connectivity index (χ3n) is 3.29. The molecule has 0 unspecified atom stereocenters. The maximum absolute atomic E-state index is 12.4. The Balaban J connectivity index is 2.56. The van der Waals surface area contributed by atoms with Crippen LogP contribution >= 0.6 is 11.3 Å². The lowest BCUT2D eigenvalue weighted by Gasteiger charge is -2.10. The van der Waals surface area contributed by atoms with Crippen molar-refractivity contribution in [2.75, 3.05) is 6.61 Å². The Morgan fingerprint density at radius 2 is 1.91 bits per heavy atom. The fraction of sp³-hybridized carbons (Fsp3) is 0.333. The van der Waals surface area contributed by atoms with E-state index in [4.69, 9.17) is 4.74 Å². The molecule has 0 saturated carbocycles. The number of esters is 1. The van der Waals surface area contributed by atoms with E-state index in [9.17, 15) is 9.59 Å². The minimum Gasteiger partial charge on any atom is -0.462 e. The predicted molar refractivity (Wildman–Crippen MR) is 90.6 cm³/mol. The third-order valence-corrected chi connectivity index (χ3v) is 4.52. The van der Waals surface area contributed by atoms with Crippen LogP contribution in [0.2, 0.25) is 0 Å². The zero-order valence-corrected chi connectivity index (χ0v) is 13.7. The normalized spacial score (nSPS) is 10.5. The Labute approximate surface area is 134 Å². The Hall–Kier alpha value is -1.94. The summed E-state index contributed by atoms with van der Waals surface area (Å²) in [5.41, 5.74) is 0.784. The fourth-order valence-electron chi connectivity index (χ4n) is 2.21. The lowest BCUT2D eigenvalue weighted by atomic mass is 10.1. The molecule has 1 aromatic heterocycles. The van der Waals surface area contributed by atoms with Gasteiger partial charge in [0.15, 0.2) is 5.43 Å². The van der Waals surface area contributed by atoms with Crippen LogP contribution in [0.15, 0.2) is 41.2 Å². The number of ether oxygens (including phenoxy) is 1. The molecule has 0 N–H and O–H groups in total. The summed E-state index contributed by atoms with van der Waals surface area (Å²) in [6.07, 6.45) is 2.96. The molecule has 2 rings (SSSR count). The molecule has 0 atom stereocenters. The summed E-state index contributed by atoms with van der Waals surface area (Å²) in [4.78, 5) is 26.3. The predicted octanol–water partition coefficient (Wildman–Crippen LogP) is 4.29. The average Bonchev–Trinajstić information content (AvgIpc) is 2.53. The third kappa shape index (κ3) is 3.83. The van der Waals surface area contributed by atoms with Gasteiger partial charge in [-0.15, -0.1) is 11.3 Å². The van der Waals surface area contributed by atoms with E-state index < -0.39 is 5.97 Å². The van der Waals surface area contributed by atoms with Gasteiger partial charge in [-0.25, -0.2) is 4.79 Å². The minimum atomic E-state index is -0.537. The largest absolute Gasteiger partial charge is 0.462 e. The van der Waals surface area contributed by atoms with Crippen molar-refractivity contribution in [3.05, 3.63) is 57.1 Å². The summed E-state index contributed by atoms with van der Waals surface area (Å²) < 4.78 is 5.06. The molecule has 4 heteroatoms. The highest BCUT2D eigenvalue weighted by molar-refractivity contribution is 7.15. The van der Waals surface area contributed by atoms with E-state index in [1.54, 1.807) is 13.0 Å². The quantitative estimate of drug-likeness (QED) is 0.747. The van der Waals surface area contributed by atoms with Gasteiger partial charge in [0, 0.05) is 4.88 Å². The van der Waals surface area contributed by atoms with Crippen LogP contribution in [0.25, 0.3) is 10.4 Å². The van der Waals surface area contributed by atoms with Crippen molar-refractivity contribution in [3.63, 3.8) is 0 Å². The molecule has 1 aromatic carbocycles. The van der Waals surface area contributed by atoms with E-state index in [0.717, 1.165) is 29.7 Å². The second kappa shape index (κ2) is 7.90. The zero-order chi connectivity index (χ0) is 15.9. The topological polar surface area (TPSA) is 43.4 Å². The van der Waals surface area contributed by atoms with Crippen LogP contribution < -0.4 is 5.43 Å². The van der Waals surface area contributed by atoms with Gasteiger partial charge in [-0.05, 0) is 31.4 Å². The molecule has 0 aliphatic carbocycles. The first kappa shape index (κ1) is 16.4. The summed E-state index contributed by atoms with van der Waals surface area (Å²) in [7, 11) is 0. The standard InChI is InChI=1S/C18H20O3S/c1-3-5-11-14-12-15(19)16(18(20)21-4-2)17(22-14)13-9-7-6-8-10-13/h6-10,12H,3-5,11H2,1-2H3. The summed E-state index contributed by atoms with van der Waals surface area (Å²) in [6.45, 7) is 4.12.